The van der Waals surface area contributed by atoms with E-state index in [0.717, 1.165) is 32.4 Å². The minimum Gasteiger partial charge on any atom is -0.444 e. The third kappa shape index (κ3) is 2.92. The van der Waals surface area contributed by atoms with Crippen LogP contribution in [0.5, 0.6) is 0 Å². The molecule has 0 spiro atoms. The fourth-order valence-corrected chi connectivity index (χ4v) is 2.40. The smallest absolute Gasteiger partial charge is 0.411 e. The first-order valence-corrected chi connectivity index (χ1v) is 6.55. The fraction of sp³-hybridized carbons (Fsp3) is 0.923. The highest BCUT2D eigenvalue weighted by molar-refractivity contribution is 5.70. The first-order chi connectivity index (χ1) is 7.82. The molecule has 0 bridgehead atoms. The Kier molecular flexibility index (Phi) is 3.10. The van der Waals surface area contributed by atoms with Crippen molar-refractivity contribution in [3.05, 3.63) is 0 Å². The van der Waals surface area contributed by atoms with Crippen LogP contribution in [0.15, 0.2) is 0 Å². The van der Waals surface area contributed by atoms with Gasteiger partial charge in [0.05, 0.1) is 0 Å². The molecule has 17 heavy (non-hydrogen) atoms. The average Bonchev–Trinajstić information content (AvgIpc) is 2.71. The van der Waals surface area contributed by atoms with Crippen molar-refractivity contribution in [1.29, 1.82) is 0 Å². The number of hydrogen-bond donors (Lipinski definition) is 1. The summed E-state index contributed by atoms with van der Waals surface area (Å²) in [4.78, 5) is 14.3. The van der Waals surface area contributed by atoms with E-state index in [0.29, 0.717) is 6.04 Å². The fourth-order valence-electron chi connectivity index (χ4n) is 2.40. The highest BCUT2D eigenvalue weighted by Gasteiger charge is 2.50. The first kappa shape index (κ1) is 12.7. The Morgan fingerprint density at radius 1 is 1.41 bits per heavy atom. The zero-order valence-electron chi connectivity index (χ0n) is 11.4. The molecule has 1 saturated heterocycles. The number of carbonyl (C=O) groups is 1. The summed E-state index contributed by atoms with van der Waals surface area (Å²) in [5.74, 6) is 0. The Hall–Kier alpha value is -0.770. The van der Waals surface area contributed by atoms with Crippen LogP contribution in [0.3, 0.4) is 0 Å². The molecule has 4 nitrogen and oxygen atoms in total. The lowest BCUT2D eigenvalue weighted by molar-refractivity contribution is 0.00521. The normalized spacial score (nSPS) is 26.7. The van der Waals surface area contributed by atoms with Gasteiger partial charge in [-0.3, -0.25) is 4.90 Å². The van der Waals surface area contributed by atoms with Gasteiger partial charge in [-0.05, 0) is 53.5 Å². The Balaban J connectivity index is 2.07. The molecule has 0 aromatic carbocycles. The monoisotopic (exact) mass is 240 g/mol. The number of nitrogens with one attached hydrogen (secondary N) is 1. The van der Waals surface area contributed by atoms with E-state index in [2.05, 4.69) is 12.2 Å². The Morgan fingerprint density at radius 3 is 2.47 bits per heavy atom. The lowest BCUT2D eigenvalue weighted by Gasteiger charge is -2.36. The van der Waals surface area contributed by atoms with Crippen molar-refractivity contribution in [2.75, 3.05) is 13.1 Å². The van der Waals surface area contributed by atoms with E-state index in [1.54, 1.807) is 0 Å². The second-order valence-corrected chi connectivity index (χ2v) is 6.49. The third-order valence-corrected chi connectivity index (χ3v) is 3.54. The highest BCUT2D eigenvalue weighted by Crippen LogP contribution is 2.43. The molecule has 4 heteroatoms. The molecule has 1 aliphatic carbocycles. The van der Waals surface area contributed by atoms with E-state index in [1.165, 1.54) is 0 Å². The molecule has 2 fully saturated rings. The zero-order chi connectivity index (χ0) is 12.7. The van der Waals surface area contributed by atoms with Gasteiger partial charge in [-0.25, -0.2) is 4.79 Å². The first-order valence-electron chi connectivity index (χ1n) is 6.55. The van der Waals surface area contributed by atoms with E-state index >= 15 is 0 Å². The summed E-state index contributed by atoms with van der Waals surface area (Å²) < 4.78 is 5.54. The van der Waals surface area contributed by atoms with Gasteiger partial charge in [0.1, 0.15) is 5.60 Å². The summed E-state index contributed by atoms with van der Waals surface area (Å²) in [7, 11) is 0. The summed E-state index contributed by atoms with van der Waals surface area (Å²) in [5, 5.41) is 3.32. The molecule has 1 aliphatic heterocycles. The van der Waals surface area contributed by atoms with Crippen LogP contribution in [-0.2, 0) is 4.74 Å². The van der Waals surface area contributed by atoms with Crippen molar-refractivity contribution in [2.24, 2.45) is 0 Å². The van der Waals surface area contributed by atoms with Crippen molar-refractivity contribution in [3.63, 3.8) is 0 Å². The highest BCUT2D eigenvalue weighted by atomic mass is 16.6. The molecule has 1 heterocycles. The second kappa shape index (κ2) is 4.16. The van der Waals surface area contributed by atoms with Crippen molar-refractivity contribution in [1.82, 2.24) is 10.2 Å². The van der Waals surface area contributed by atoms with Gasteiger partial charge in [0, 0.05) is 18.1 Å². The van der Waals surface area contributed by atoms with Crippen LogP contribution < -0.4 is 5.32 Å². The lowest BCUT2D eigenvalue weighted by atomic mass is 10.1. The molecule has 2 aliphatic rings. The molecule has 0 unspecified atom stereocenters. The SMILES string of the molecule is CC(C)(C)OC(=O)N([C@H]1CCNC1)C1(C)CC1. The van der Waals surface area contributed by atoms with Crippen molar-refractivity contribution in [3.8, 4) is 0 Å². The maximum Gasteiger partial charge on any atom is 0.411 e. The van der Waals surface area contributed by atoms with E-state index in [-0.39, 0.29) is 11.6 Å². The number of nitrogens with zero attached hydrogens (tertiary/aromatic N) is 1. The summed E-state index contributed by atoms with van der Waals surface area (Å²) in [6.07, 6.45) is 3.09. The van der Waals surface area contributed by atoms with Crippen LogP contribution in [0, 0.1) is 0 Å². The van der Waals surface area contributed by atoms with Gasteiger partial charge in [0.2, 0.25) is 0 Å². The van der Waals surface area contributed by atoms with E-state index in [4.69, 9.17) is 4.74 Å². The lowest BCUT2D eigenvalue weighted by Crippen LogP contribution is -2.50. The summed E-state index contributed by atoms with van der Waals surface area (Å²) >= 11 is 0. The molecule has 2 rings (SSSR count). The molecule has 1 N–H and O–H groups in total. The minimum absolute atomic E-state index is 0.0407. The van der Waals surface area contributed by atoms with Crippen LogP contribution >= 0.6 is 0 Å². The predicted molar refractivity (Wildman–Crippen MR) is 67.0 cm³/mol. The number of hydrogen-bond acceptors (Lipinski definition) is 3. The summed E-state index contributed by atoms with van der Waals surface area (Å²) in [6, 6.07) is 0.303. The van der Waals surface area contributed by atoms with Crippen LogP contribution in [0.1, 0.15) is 47.0 Å². The number of carbonyl (C=O) groups excluding carboxylic acids is 1. The molecule has 0 radical (unpaired) electrons. The van der Waals surface area contributed by atoms with Crippen LogP contribution in [-0.4, -0.2) is 41.3 Å². The zero-order valence-corrected chi connectivity index (χ0v) is 11.4. The van der Waals surface area contributed by atoms with Crippen LogP contribution in [0.2, 0.25) is 0 Å². The molecule has 0 aromatic heterocycles. The van der Waals surface area contributed by atoms with Gasteiger partial charge < -0.3 is 10.1 Å². The number of ether oxygens (including phenoxy) is 1. The topological polar surface area (TPSA) is 41.6 Å². The van der Waals surface area contributed by atoms with Crippen molar-refractivity contribution < 1.29 is 9.53 Å². The maximum absolute atomic E-state index is 12.3. The third-order valence-electron chi connectivity index (χ3n) is 3.54. The largest absolute Gasteiger partial charge is 0.444 e. The summed E-state index contributed by atoms with van der Waals surface area (Å²) in [5.41, 5.74) is -0.369. The predicted octanol–water partition coefficient (Wildman–Crippen LogP) is 2.14. The van der Waals surface area contributed by atoms with Crippen molar-refractivity contribution >= 4 is 6.09 Å². The Bertz CT molecular complexity index is 299. The Labute approximate surface area is 104 Å². The molecule has 1 atom stereocenters. The number of amides is 1. The maximum atomic E-state index is 12.3. The summed E-state index contributed by atoms with van der Waals surface area (Å²) in [6.45, 7) is 9.83. The van der Waals surface area contributed by atoms with Crippen LogP contribution in [0.4, 0.5) is 4.79 Å². The van der Waals surface area contributed by atoms with Gasteiger partial charge in [-0.1, -0.05) is 0 Å². The molecule has 98 valence electrons. The molecular formula is C13H24N2O2. The van der Waals surface area contributed by atoms with Gasteiger partial charge in [0.25, 0.3) is 0 Å². The van der Waals surface area contributed by atoms with E-state index in [9.17, 15) is 4.79 Å². The Morgan fingerprint density at radius 2 is 2.06 bits per heavy atom. The standard InChI is InChI=1S/C13H24N2O2/c1-12(2,3)17-11(16)15(13(4)6-7-13)10-5-8-14-9-10/h10,14H,5-9H2,1-4H3/t10-/m0/s1. The minimum atomic E-state index is -0.410. The van der Waals surface area contributed by atoms with Gasteiger partial charge in [0.15, 0.2) is 0 Å². The van der Waals surface area contributed by atoms with E-state index < -0.39 is 5.60 Å². The molecule has 0 aromatic rings. The van der Waals surface area contributed by atoms with Gasteiger partial charge in [-0.2, -0.15) is 0 Å². The van der Waals surface area contributed by atoms with Crippen LogP contribution in [0.25, 0.3) is 0 Å². The average molecular weight is 240 g/mol. The molecular weight excluding hydrogens is 216 g/mol. The second-order valence-electron chi connectivity index (χ2n) is 6.49. The van der Waals surface area contributed by atoms with E-state index in [1.807, 2.05) is 25.7 Å². The molecule has 1 amide bonds. The van der Waals surface area contributed by atoms with Crippen molar-refractivity contribution in [2.45, 2.75) is 64.1 Å². The van der Waals surface area contributed by atoms with Gasteiger partial charge in [-0.15, -0.1) is 0 Å². The molecule has 1 saturated carbocycles. The van der Waals surface area contributed by atoms with Gasteiger partial charge >= 0.3 is 6.09 Å². The number of rotatable bonds is 2. The quantitative estimate of drug-likeness (QED) is 0.804.